The zero-order valence-corrected chi connectivity index (χ0v) is 26.0. The van der Waals surface area contributed by atoms with Gasteiger partial charge in [0.15, 0.2) is 28.8 Å². The Labute approximate surface area is 279 Å². The van der Waals surface area contributed by atoms with Crippen molar-refractivity contribution in [2.45, 2.75) is 0 Å². The molecular formula is C41H25N7O. The number of furan rings is 1. The van der Waals surface area contributed by atoms with Crippen LogP contribution in [0.3, 0.4) is 0 Å². The average Bonchev–Trinajstić information content (AvgIpc) is 3.91. The molecule has 0 N–H and O–H groups in total. The van der Waals surface area contributed by atoms with Gasteiger partial charge in [-0.3, -0.25) is 4.57 Å². The maximum absolute atomic E-state index is 6.03. The van der Waals surface area contributed by atoms with E-state index in [0.717, 1.165) is 49.5 Å². The van der Waals surface area contributed by atoms with Crippen molar-refractivity contribution >= 4 is 43.8 Å². The number of nitrogens with zero attached hydrogens (tertiary/aromatic N) is 7. The summed E-state index contributed by atoms with van der Waals surface area (Å²) < 4.78 is 10.4. The molecule has 10 aromatic rings. The molecule has 10 rings (SSSR count). The molecule has 0 aliphatic carbocycles. The molecule has 5 aromatic heterocycles. The minimum absolute atomic E-state index is 0.400. The lowest BCUT2D eigenvalue weighted by atomic mass is 10.1. The minimum Gasteiger partial charge on any atom is -0.460 e. The van der Waals surface area contributed by atoms with Crippen molar-refractivity contribution in [2.75, 3.05) is 0 Å². The highest BCUT2D eigenvalue weighted by atomic mass is 16.3. The van der Waals surface area contributed by atoms with E-state index in [2.05, 4.69) is 76.0 Å². The van der Waals surface area contributed by atoms with Gasteiger partial charge in [-0.15, -0.1) is 0 Å². The van der Waals surface area contributed by atoms with E-state index >= 15 is 0 Å². The molecule has 0 atom stereocenters. The number of rotatable bonds is 5. The van der Waals surface area contributed by atoms with Gasteiger partial charge in [0, 0.05) is 45.2 Å². The van der Waals surface area contributed by atoms with E-state index in [1.807, 2.05) is 78.9 Å². The summed E-state index contributed by atoms with van der Waals surface area (Å²) in [6.07, 6.45) is 3.75. The lowest BCUT2D eigenvalue weighted by Crippen LogP contribution is -2.06. The number of hydrogen-bond acceptors (Lipinski definition) is 6. The Morgan fingerprint density at radius 3 is 1.86 bits per heavy atom. The van der Waals surface area contributed by atoms with Gasteiger partial charge >= 0.3 is 0 Å². The van der Waals surface area contributed by atoms with Crippen molar-refractivity contribution in [1.82, 2.24) is 34.1 Å². The molecule has 5 aromatic carbocycles. The smallest absolute Gasteiger partial charge is 0.236 e. The van der Waals surface area contributed by atoms with Crippen LogP contribution >= 0.6 is 0 Å². The van der Waals surface area contributed by atoms with Crippen LogP contribution in [-0.4, -0.2) is 34.1 Å². The molecule has 0 amide bonds. The first-order valence-electron chi connectivity index (χ1n) is 16.0. The Bertz CT molecular complexity index is 2760. The number of para-hydroxylation sites is 2. The van der Waals surface area contributed by atoms with Gasteiger partial charge < -0.3 is 8.98 Å². The average molecular weight is 632 g/mol. The minimum atomic E-state index is 0.400. The highest BCUT2D eigenvalue weighted by Gasteiger charge is 2.23. The number of hydrogen-bond donors (Lipinski definition) is 0. The lowest BCUT2D eigenvalue weighted by Gasteiger charge is -2.11. The van der Waals surface area contributed by atoms with Crippen molar-refractivity contribution < 1.29 is 4.42 Å². The molecule has 49 heavy (non-hydrogen) atoms. The predicted molar refractivity (Wildman–Crippen MR) is 193 cm³/mol. The molecule has 8 nitrogen and oxygen atoms in total. The van der Waals surface area contributed by atoms with E-state index in [0.29, 0.717) is 40.2 Å². The van der Waals surface area contributed by atoms with Gasteiger partial charge in [0.05, 0.1) is 22.8 Å². The fraction of sp³-hybridized carbons (Fsp3) is 0. The first kappa shape index (κ1) is 27.2. The molecule has 5 heterocycles. The van der Waals surface area contributed by atoms with Gasteiger partial charge in [0.2, 0.25) is 5.95 Å². The monoisotopic (exact) mass is 631 g/mol. The van der Waals surface area contributed by atoms with E-state index in [1.165, 1.54) is 0 Å². The predicted octanol–water partition coefficient (Wildman–Crippen LogP) is 9.45. The topological polar surface area (TPSA) is 87.5 Å². The molecule has 8 heteroatoms. The second-order valence-electron chi connectivity index (χ2n) is 11.8. The first-order chi connectivity index (χ1) is 24.3. The quantitative estimate of drug-likeness (QED) is 0.188. The summed E-state index contributed by atoms with van der Waals surface area (Å²) >= 11 is 0. The van der Waals surface area contributed by atoms with E-state index < -0.39 is 0 Å². The van der Waals surface area contributed by atoms with Crippen molar-refractivity contribution in [3.63, 3.8) is 0 Å². The van der Waals surface area contributed by atoms with Crippen molar-refractivity contribution in [3.8, 4) is 45.9 Å². The van der Waals surface area contributed by atoms with Gasteiger partial charge in [-0.1, -0.05) is 103 Å². The maximum atomic E-state index is 6.03. The molecule has 230 valence electrons. The Morgan fingerprint density at radius 1 is 0.469 bits per heavy atom. The summed E-state index contributed by atoms with van der Waals surface area (Å²) in [4.78, 5) is 25.1. The highest BCUT2D eigenvalue weighted by molar-refractivity contribution is 6.18. The highest BCUT2D eigenvalue weighted by Crippen LogP contribution is 2.38. The Balaban J connectivity index is 1.26. The molecule has 0 fully saturated rings. The summed E-state index contributed by atoms with van der Waals surface area (Å²) in [5.74, 6) is 1.99. The van der Waals surface area contributed by atoms with E-state index in [9.17, 15) is 0 Å². The third kappa shape index (κ3) is 4.35. The normalized spacial score (nSPS) is 11.7. The second-order valence-corrected chi connectivity index (χ2v) is 11.8. The zero-order chi connectivity index (χ0) is 32.3. The Hall–Kier alpha value is -6.93. The molecule has 0 aliphatic rings. The summed E-state index contributed by atoms with van der Waals surface area (Å²) in [7, 11) is 0. The summed E-state index contributed by atoms with van der Waals surface area (Å²) in [5, 5.41) is 3.32. The van der Waals surface area contributed by atoms with E-state index in [-0.39, 0.29) is 0 Å². The van der Waals surface area contributed by atoms with Crippen LogP contribution in [0.2, 0.25) is 0 Å². The summed E-state index contributed by atoms with van der Waals surface area (Å²) in [5.41, 5.74) is 7.60. The molecule has 0 aliphatic heterocycles. The molecular weight excluding hydrogens is 606 g/mol. The van der Waals surface area contributed by atoms with Crippen LogP contribution in [0.15, 0.2) is 156 Å². The number of benzene rings is 5. The molecule has 0 radical (unpaired) electrons. The van der Waals surface area contributed by atoms with Gasteiger partial charge in [0.1, 0.15) is 5.52 Å². The lowest BCUT2D eigenvalue weighted by molar-refractivity contribution is 0.614. The van der Waals surface area contributed by atoms with Crippen LogP contribution in [0.4, 0.5) is 0 Å². The maximum Gasteiger partial charge on any atom is 0.236 e. The van der Waals surface area contributed by atoms with Gasteiger partial charge in [-0.05, 0) is 30.3 Å². The third-order valence-corrected chi connectivity index (χ3v) is 8.94. The van der Waals surface area contributed by atoms with E-state index in [4.69, 9.17) is 29.3 Å². The number of fused-ring (bicyclic) bond motifs is 6. The van der Waals surface area contributed by atoms with Crippen molar-refractivity contribution in [3.05, 3.63) is 152 Å². The van der Waals surface area contributed by atoms with Crippen LogP contribution < -0.4 is 0 Å². The fourth-order valence-electron chi connectivity index (χ4n) is 6.71. The van der Waals surface area contributed by atoms with Gasteiger partial charge in [0.25, 0.3) is 0 Å². The standard InChI is InChI=1S/C41H25N7O/c1-4-12-26(13-5-1)38-44-39(27-14-6-2-7-15-27)46-40(45-38)35-37-32(23-25-49-37)42-41(43-35)48-34-19-11-10-18-29(34)30-20-21-33-31(36(30)48)22-24-47(33)28-16-8-3-9-17-28/h1-25H. The summed E-state index contributed by atoms with van der Waals surface area (Å²) in [6, 6.07) is 47.0. The first-order valence-corrected chi connectivity index (χ1v) is 16.0. The van der Waals surface area contributed by atoms with Crippen molar-refractivity contribution in [1.29, 1.82) is 0 Å². The SMILES string of the molecule is c1ccc(-c2nc(-c3ccccc3)nc(-c3nc(-n4c5ccccc5c5ccc6c(ccn6-c6ccccc6)c54)nc4ccoc34)n2)cc1. The number of aromatic nitrogens is 7. The molecule has 0 spiro atoms. The summed E-state index contributed by atoms with van der Waals surface area (Å²) in [6.45, 7) is 0. The van der Waals surface area contributed by atoms with Crippen LogP contribution in [0, 0.1) is 0 Å². The fourth-order valence-corrected chi connectivity index (χ4v) is 6.71. The molecule has 0 saturated carbocycles. The Morgan fingerprint density at radius 2 is 1.12 bits per heavy atom. The van der Waals surface area contributed by atoms with Crippen LogP contribution in [-0.2, 0) is 0 Å². The van der Waals surface area contributed by atoms with Crippen LogP contribution in [0.25, 0.3) is 89.7 Å². The molecule has 0 saturated heterocycles. The Kier molecular flexibility index (Phi) is 6.01. The van der Waals surface area contributed by atoms with Crippen LogP contribution in [0.1, 0.15) is 0 Å². The largest absolute Gasteiger partial charge is 0.460 e. The molecule has 0 unspecified atom stereocenters. The third-order valence-electron chi connectivity index (χ3n) is 8.94. The van der Waals surface area contributed by atoms with Crippen LogP contribution in [0.5, 0.6) is 0 Å². The van der Waals surface area contributed by atoms with Crippen molar-refractivity contribution in [2.24, 2.45) is 0 Å². The van der Waals surface area contributed by atoms with Gasteiger partial charge in [-0.25, -0.2) is 24.9 Å². The van der Waals surface area contributed by atoms with E-state index in [1.54, 1.807) is 6.26 Å². The zero-order valence-electron chi connectivity index (χ0n) is 26.0. The molecule has 0 bridgehead atoms. The second kappa shape index (κ2) is 10.8. The van der Waals surface area contributed by atoms with Gasteiger partial charge in [-0.2, -0.15) is 0 Å².